The highest BCUT2D eigenvalue weighted by atomic mass is 19.2. The van der Waals surface area contributed by atoms with E-state index < -0.39 is 11.6 Å². The van der Waals surface area contributed by atoms with Crippen molar-refractivity contribution < 1.29 is 37.2 Å². The van der Waals surface area contributed by atoms with Gasteiger partial charge in [0.2, 0.25) is 11.5 Å². The first-order valence-corrected chi connectivity index (χ1v) is 17.4. The van der Waals surface area contributed by atoms with Crippen LogP contribution in [0.25, 0.3) is 22.4 Å². The summed E-state index contributed by atoms with van der Waals surface area (Å²) in [6.45, 7) is 2.92. The molecular formula is C42H45F2N3O6. The molecule has 1 fully saturated rings. The summed E-state index contributed by atoms with van der Waals surface area (Å²) in [4.78, 5) is 9.24. The van der Waals surface area contributed by atoms with Gasteiger partial charge < -0.3 is 33.3 Å². The number of aromatic nitrogens is 1. The van der Waals surface area contributed by atoms with Gasteiger partial charge >= 0.3 is 0 Å². The van der Waals surface area contributed by atoms with E-state index in [1.165, 1.54) is 12.1 Å². The number of likely N-dealkylation sites (tertiary alicyclic amines) is 1. The normalized spacial score (nSPS) is 13.4. The average molecular weight is 726 g/mol. The summed E-state index contributed by atoms with van der Waals surface area (Å²) < 4.78 is 62.1. The van der Waals surface area contributed by atoms with Gasteiger partial charge in [-0.15, -0.1) is 0 Å². The molecule has 1 aliphatic heterocycles. The second-order valence-corrected chi connectivity index (χ2v) is 12.8. The highest BCUT2D eigenvalue weighted by Gasteiger charge is 2.27. The van der Waals surface area contributed by atoms with Gasteiger partial charge in [-0.05, 0) is 89.7 Å². The van der Waals surface area contributed by atoms with Crippen molar-refractivity contribution in [1.29, 1.82) is 0 Å². The molecule has 1 saturated heterocycles. The van der Waals surface area contributed by atoms with Crippen LogP contribution in [0.5, 0.6) is 34.5 Å². The SMILES string of the molecule is COc1cc(-c2cccc(CN(c3ccc(F)c(F)c3)C3CCN(Cc4ccnc(-c5cc(OC)c(OC)c(OC)c5)c4)CC3)c2)cc(OC)c1OC. The minimum Gasteiger partial charge on any atom is -0.493 e. The van der Waals surface area contributed by atoms with Crippen molar-refractivity contribution in [3.63, 3.8) is 0 Å². The van der Waals surface area contributed by atoms with Gasteiger partial charge in [0.25, 0.3) is 0 Å². The zero-order valence-electron chi connectivity index (χ0n) is 30.9. The first kappa shape index (κ1) is 37.2. The van der Waals surface area contributed by atoms with Crippen molar-refractivity contribution in [3.8, 4) is 56.9 Å². The number of methoxy groups -OCH3 is 6. The Morgan fingerprint density at radius 1 is 0.623 bits per heavy atom. The van der Waals surface area contributed by atoms with Gasteiger partial charge in [0.1, 0.15) is 0 Å². The molecule has 0 atom stereocenters. The number of anilines is 1. The largest absolute Gasteiger partial charge is 0.493 e. The van der Waals surface area contributed by atoms with E-state index in [9.17, 15) is 8.78 Å². The minimum atomic E-state index is -0.865. The molecule has 11 heteroatoms. The Morgan fingerprint density at radius 2 is 1.23 bits per heavy atom. The predicted molar refractivity (Wildman–Crippen MR) is 202 cm³/mol. The van der Waals surface area contributed by atoms with Crippen molar-refractivity contribution >= 4 is 5.69 Å². The molecular weight excluding hydrogens is 680 g/mol. The quantitative estimate of drug-likeness (QED) is 0.112. The molecule has 2 heterocycles. The lowest BCUT2D eigenvalue weighted by molar-refractivity contribution is 0.201. The van der Waals surface area contributed by atoms with E-state index in [0.717, 1.165) is 66.0 Å². The van der Waals surface area contributed by atoms with Crippen molar-refractivity contribution in [2.75, 3.05) is 60.6 Å². The Kier molecular flexibility index (Phi) is 11.8. The zero-order chi connectivity index (χ0) is 37.5. The number of hydrogen-bond donors (Lipinski definition) is 0. The Hall–Kier alpha value is -5.55. The number of nitrogens with zero attached hydrogens (tertiary/aromatic N) is 3. The zero-order valence-corrected chi connectivity index (χ0v) is 30.9. The molecule has 1 aliphatic rings. The summed E-state index contributed by atoms with van der Waals surface area (Å²) >= 11 is 0. The molecule has 0 bridgehead atoms. The fourth-order valence-corrected chi connectivity index (χ4v) is 7.00. The van der Waals surface area contributed by atoms with Crippen LogP contribution in [0.4, 0.5) is 14.5 Å². The van der Waals surface area contributed by atoms with Crippen molar-refractivity contribution in [1.82, 2.24) is 9.88 Å². The molecule has 9 nitrogen and oxygen atoms in total. The van der Waals surface area contributed by atoms with Crippen LogP contribution in [0.1, 0.15) is 24.0 Å². The maximum Gasteiger partial charge on any atom is 0.203 e. The number of rotatable bonds is 14. The van der Waals surface area contributed by atoms with Crippen LogP contribution in [0.2, 0.25) is 0 Å². The Bertz CT molecular complexity index is 1980. The number of benzene rings is 4. The van der Waals surface area contributed by atoms with Gasteiger partial charge in [0, 0.05) is 55.7 Å². The molecule has 0 amide bonds. The maximum atomic E-state index is 14.6. The van der Waals surface area contributed by atoms with Crippen molar-refractivity contribution in [3.05, 3.63) is 108 Å². The summed E-state index contributed by atoms with van der Waals surface area (Å²) in [6, 6.07) is 24.2. The summed E-state index contributed by atoms with van der Waals surface area (Å²) in [5.74, 6) is 1.57. The summed E-state index contributed by atoms with van der Waals surface area (Å²) in [6.07, 6.45) is 3.50. The predicted octanol–water partition coefficient (Wildman–Crippen LogP) is 8.42. The lowest BCUT2D eigenvalue weighted by Crippen LogP contribution is -2.44. The van der Waals surface area contributed by atoms with E-state index in [1.54, 1.807) is 48.7 Å². The van der Waals surface area contributed by atoms with E-state index in [0.29, 0.717) is 46.7 Å². The number of halogens is 2. The van der Waals surface area contributed by atoms with E-state index in [-0.39, 0.29) is 6.04 Å². The summed E-state index contributed by atoms with van der Waals surface area (Å²) in [5.41, 5.74) is 6.32. The number of piperidine rings is 1. The van der Waals surface area contributed by atoms with Crippen molar-refractivity contribution in [2.45, 2.75) is 32.0 Å². The third kappa shape index (κ3) is 8.25. The van der Waals surface area contributed by atoms with Crippen LogP contribution >= 0.6 is 0 Å². The van der Waals surface area contributed by atoms with E-state index in [2.05, 4.69) is 33.0 Å². The van der Waals surface area contributed by atoms with Crippen LogP contribution in [0.15, 0.2) is 85.1 Å². The molecule has 1 aromatic heterocycles. The number of pyridine rings is 1. The molecule has 278 valence electrons. The first-order valence-electron chi connectivity index (χ1n) is 17.4. The van der Waals surface area contributed by atoms with Crippen LogP contribution in [0.3, 0.4) is 0 Å². The fraction of sp³-hybridized carbons (Fsp3) is 0.310. The van der Waals surface area contributed by atoms with E-state index in [4.69, 9.17) is 28.4 Å². The van der Waals surface area contributed by atoms with E-state index >= 15 is 0 Å². The number of ether oxygens (including phenoxy) is 6. The lowest BCUT2D eigenvalue weighted by Gasteiger charge is -2.40. The molecule has 0 N–H and O–H groups in total. The molecule has 53 heavy (non-hydrogen) atoms. The van der Waals surface area contributed by atoms with Gasteiger partial charge in [-0.25, -0.2) is 8.78 Å². The Morgan fingerprint density at radius 3 is 1.79 bits per heavy atom. The molecule has 5 aromatic rings. The van der Waals surface area contributed by atoms with Crippen LogP contribution in [-0.2, 0) is 13.1 Å². The standard InChI is InChI=1S/C42H45F2N3O6/c1-48-37-20-30(21-38(49-2)41(37)52-5)29-9-7-8-27(18-29)26-47(33-10-11-34(43)35(44)24-33)32-13-16-46(17-14-32)25-28-12-15-45-36(19-28)31-22-39(50-3)42(53-6)40(23-31)51-4/h7-12,15,18-24,32H,13-14,16-17,25-26H2,1-6H3. The van der Waals surface area contributed by atoms with Gasteiger partial charge in [0.05, 0.1) is 48.4 Å². The van der Waals surface area contributed by atoms with Gasteiger partial charge in [-0.3, -0.25) is 9.88 Å². The van der Waals surface area contributed by atoms with E-state index in [1.807, 2.05) is 48.7 Å². The number of hydrogen-bond acceptors (Lipinski definition) is 9. The molecule has 0 saturated carbocycles. The first-order chi connectivity index (χ1) is 25.8. The van der Waals surface area contributed by atoms with Gasteiger partial charge in [-0.1, -0.05) is 18.2 Å². The Balaban J connectivity index is 1.20. The smallest absolute Gasteiger partial charge is 0.203 e. The Labute approximate surface area is 309 Å². The van der Waals surface area contributed by atoms with Gasteiger partial charge in [-0.2, -0.15) is 0 Å². The van der Waals surface area contributed by atoms with Crippen LogP contribution in [-0.4, -0.2) is 71.7 Å². The summed E-state index contributed by atoms with van der Waals surface area (Å²) in [5, 5.41) is 0. The summed E-state index contributed by atoms with van der Waals surface area (Å²) in [7, 11) is 9.53. The maximum absolute atomic E-state index is 14.6. The molecule has 0 unspecified atom stereocenters. The monoisotopic (exact) mass is 725 g/mol. The topological polar surface area (TPSA) is 74.8 Å². The minimum absolute atomic E-state index is 0.105. The van der Waals surface area contributed by atoms with Gasteiger partial charge in [0.15, 0.2) is 34.6 Å². The molecule has 0 spiro atoms. The molecule has 6 rings (SSSR count). The highest BCUT2D eigenvalue weighted by Crippen LogP contribution is 2.42. The molecule has 4 aromatic carbocycles. The third-order valence-corrected chi connectivity index (χ3v) is 9.70. The van der Waals surface area contributed by atoms with Crippen molar-refractivity contribution in [2.24, 2.45) is 0 Å². The van der Waals surface area contributed by atoms with Crippen LogP contribution < -0.4 is 33.3 Å². The fourth-order valence-electron chi connectivity index (χ4n) is 7.00. The third-order valence-electron chi connectivity index (χ3n) is 9.70. The van der Waals surface area contributed by atoms with Crippen LogP contribution in [0, 0.1) is 11.6 Å². The highest BCUT2D eigenvalue weighted by molar-refractivity contribution is 5.72. The average Bonchev–Trinajstić information content (AvgIpc) is 3.20. The lowest BCUT2D eigenvalue weighted by atomic mass is 9.98. The molecule has 0 radical (unpaired) electrons. The molecule has 0 aliphatic carbocycles. The second kappa shape index (κ2) is 16.9. The second-order valence-electron chi connectivity index (χ2n) is 12.8.